The minimum absolute atomic E-state index is 0.0411. The number of benzene rings is 1. The highest BCUT2D eigenvalue weighted by Gasteiger charge is 2.09. The van der Waals surface area contributed by atoms with E-state index in [9.17, 15) is 9.59 Å². The molecule has 0 spiro atoms. The van der Waals surface area contributed by atoms with E-state index in [1.807, 2.05) is 24.3 Å². The summed E-state index contributed by atoms with van der Waals surface area (Å²) in [6.45, 7) is 0.871. The van der Waals surface area contributed by atoms with Gasteiger partial charge in [-0.05, 0) is 12.1 Å². The van der Waals surface area contributed by atoms with Gasteiger partial charge in [0.05, 0.1) is 17.1 Å². The van der Waals surface area contributed by atoms with Crippen LogP contribution in [0.5, 0.6) is 0 Å². The molecule has 0 radical (unpaired) electrons. The van der Waals surface area contributed by atoms with E-state index in [0.29, 0.717) is 30.9 Å². The second-order valence-corrected chi connectivity index (χ2v) is 6.03. The van der Waals surface area contributed by atoms with Gasteiger partial charge in [0.15, 0.2) is 5.69 Å². The Morgan fingerprint density at radius 2 is 2.12 bits per heavy atom. The summed E-state index contributed by atoms with van der Waals surface area (Å²) in [6, 6.07) is 7.58. The molecule has 9 heteroatoms. The standard InChI is InChI=1S/C15H15N5O3S/c21-13(16-7-5-14-17-11(9-24-14)15(22)23)6-8-20-12-4-2-1-3-10(12)18-19-20/h1-4,9H,5-8H2,(H,16,21)(H,22,23). The summed E-state index contributed by atoms with van der Waals surface area (Å²) in [7, 11) is 0. The lowest BCUT2D eigenvalue weighted by Gasteiger charge is -2.04. The van der Waals surface area contributed by atoms with E-state index in [2.05, 4.69) is 20.6 Å². The number of fused-ring (bicyclic) bond motifs is 1. The first kappa shape index (κ1) is 16.1. The number of para-hydroxylation sites is 1. The summed E-state index contributed by atoms with van der Waals surface area (Å²) in [6.07, 6.45) is 0.807. The van der Waals surface area contributed by atoms with Crippen molar-refractivity contribution in [3.63, 3.8) is 0 Å². The van der Waals surface area contributed by atoms with Crippen molar-refractivity contribution < 1.29 is 14.7 Å². The molecule has 124 valence electrons. The number of hydrogen-bond donors (Lipinski definition) is 2. The van der Waals surface area contributed by atoms with Crippen LogP contribution in [-0.4, -0.2) is 43.5 Å². The summed E-state index contributed by atoms with van der Waals surface area (Å²) in [5.74, 6) is -1.13. The van der Waals surface area contributed by atoms with Gasteiger partial charge in [-0.1, -0.05) is 17.3 Å². The first-order valence-electron chi connectivity index (χ1n) is 7.36. The van der Waals surface area contributed by atoms with Crippen LogP contribution < -0.4 is 5.32 Å². The number of carboxylic acids is 1. The quantitative estimate of drug-likeness (QED) is 0.668. The first-order chi connectivity index (χ1) is 11.6. The first-order valence-corrected chi connectivity index (χ1v) is 8.24. The van der Waals surface area contributed by atoms with Crippen LogP contribution >= 0.6 is 11.3 Å². The number of amides is 1. The van der Waals surface area contributed by atoms with Crippen LogP contribution in [0.4, 0.5) is 0 Å². The minimum atomic E-state index is -1.04. The third-order valence-corrected chi connectivity index (χ3v) is 4.31. The van der Waals surface area contributed by atoms with Crippen molar-refractivity contribution in [2.75, 3.05) is 6.54 Å². The number of carboxylic acid groups (broad SMARTS) is 1. The van der Waals surface area contributed by atoms with Crippen LogP contribution in [0.3, 0.4) is 0 Å². The Morgan fingerprint density at radius 3 is 2.92 bits per heavy atom. The average molecular weight is 345 g/mol. The number of aryl methyl sites for hydroxylation is 1. The van der Waals surface area contributed by atoms with Gasteiger partial charge in [0.25, 0.3) is 0 Å². The number of thiazole rings is 1. The molecule has 0 bridgehead atoms. The van der Waals surface area contributed by atoms with Crippen LogP contribution in [-0.2, 0) is 17.8 Å². The molecule has 3 rings (SSSR count). The van der Waals surface area contributed by atoms with Crippen molar-refractivity contribution in [3.05, 3.63) is 40.3 Å². The van der Waals surface area contributed by atoms with Crippen molar-refractivity contribution in [1.82, 2.24) is 25.3 Å². The molecule has 24 heavy (non-hydrogen) atoms. The third-order valence-electron chi connectivity index (χ3n) is 3.40. The van der Waals surface area contributed by atoms with Gasteiger partial charge in [-0.25, -0.2) is 14.5 Å². The number of carbonyl (C=O) groups is 2. The summed E-state index contributed by atoms with van der Waals surface area (Å²) in [5, 5.41) is 21.9. The molecule has 3 aromatic rings. The molecule has 2 aromatic heterocycles. The maximum atomic E-state index is 11.9. The Hall–Kier alpha value is -2.81. The van der Waals surface area contributed by atoms with E-state index in [0.717, 1.165) is 11.0 Å². The van der Waals surface area contributed by atoms with Crippen molar-refractivity contribution in [1.29, 1.82) is 0 Å². The molecule has 0 aliphatic carbocycles. The van der Waals surface area contributed by atoms with Gasteiger partial charge in [-0.15, -0.1) is 16.4 Å². The topological polar surface area (TPSA) is 110 Å². The van der Waals surface area contributed by atoms with Gasteiger partial charge >= 0.3 is 5.97 Å². The molecule has 0 aliphatic heterocycles. The highest BCUT2D eigenvalue weighted by Crippen LogP contribution is 2.11. The number of carbonyl (C=O) groups excluding carboxylic acids is 1. The lowest BCUT2D eigenvalue weighted by atomic mass is 10.3. The number of hydrogen-bond acceptors (Lipinski definition) is 6. The van der Waals surface area contributed by atoms with Crippen LogP contribution in [0.25, 0.3) is 11.0 Å². The van der Waals surface area contributed by atoms with Gasteiger partial charge in [0, 0.05) is 24.8 Å². The number of aromatic nitrogens is 4. The van der Waals surface area contributed by atoms with E-state index in [1.165, 1.54) is 16.7 Å². The van der Waals surface area contributed by atoms with E-state index in [4.69, 9.17) is 5.11 Å². The molecular weight excluding hydrogens is 330 g/mol. The predicted molar refractivity (Wildman–Crippen MR) is 87.9 cm³/mol. The predicted octanol–water partition coefficient (Wildman–Crippen LogP) is 1.34. The van der Waals surface area contributed by atoms with Crippen LogP contribution in [0.2, 0.25) is 0 Å². The van der Waals surface area contributed by atoms with Gasteiger partial charge in [-0.2, -0.15) is 0 Å². The van der Waals surface area contributed by atoms with Gasteiger partial charge in [0.2, 0.25) is 5.91 Å². The molecule has 0 saturated heterocycles. The van der Waals surface area contributed by atoms with E-state index in [-0.39, 0.29) is 11.6 Å². The molecule has 0 aliphatic rings. The monoisotopic (exact) mass is 345 g/mol. The largest absolute Gasteiger partial charge is 0.476 e. The average Bonchev–Trinajstić information content (AvgIpc) is 3.20. The summed E-state index contributed by atoms with van der Waals surface area (Å²) in [5.41, 5.74) is 1.74. The molecule has 0 saturated carbocycles. The van der Waals surface area contributed by atoms with Gasteiger partial charge < -0.3 is 10.4 Å². The normalized spacial score (nSPS) is 10.8. The molecule has 1 aromatic carbocycles. The second-order valence-electron chi connectivity index (χ2n) is 5.08. The van der Waals surface area contributed by atoms with Crippen LogP contribution in [0.15, 0.2) is 29.6 Å². The van der Waals surface area contributed by atoms with E-state index >= 15 is 0 Å². The Balaban J connectivity index is 1.45. The van der Waals surface area contributed by atoms with Crippen LogP contribution in [0, 0.1) is 0 Å². The zero-order chi connectivity index (χ0) is 16.9. The Morgan fingerprint density at radius 1 is 1.29 bits per heavy atom. The molecule has 0 fully saturated rings. The molecule has 0 unspecified atom stereocenters. The summed E-state index contributed by atoms with van der Waals surface area (Å²) < 4.78 is 1.70. The van der Waals surface area contributed by atoms with E-state index in [1.54, 1.807) is 4.68 Å². The number of rotatable bonds is 7. The number of nitrogens with one attached hydrogen (secondary N) is 1. The third kappa shape index (κ3) is 3.74. The van der Waals surface area contributed by atoms with Crippen LogP contribution in [0.1, 0.15) is 21.9 Å². The molecule has 8 nitrogen and oxygen atoms in total. The smallest absolute Gasteiger partial charge is 0.355 e. The zero-order valence-corrected chi connectivity index (χ0v) is 13.5. The fourth-order valence-electron chi connectivity index (χ4n) is 2.21. The summed E-state index contributed by atoms with van der Waals surface area (Å²) >= 11 is 1.28. The molecule has 1 amide bonds. The Kier molecular flexibility index (Phi) is 4.80. The molecule has 2 N–H and O–H groups in total. The van der Waals surface area contributed by atoms with Gasteiger partial charge in [-0.3, -0.25) is 4.79 Å². The zero-order valence-electron chi connectivity index (χ0n) is 12.7. The van der Waals surface area contributed by atoms with Crippen molar-refractivity contribution in [2.24, 2.45) is 0 Å². The number of aromatic carboxylic acids is 1. The van der Waals surface area contributed by atoms with E-state index < -0.39 is 5.97 Å². The maximum Gasteiger partial charge on any atom is 0.355 e. The van der Waals surface area contributed by atoms with Crippen molar-refractivity contribution in [2.45, 2.75) is 19.4 Å². The lowest BCUT2D eigenvalue weighted by Crippen LogP contribution is -2.26. The Labute approximate surface area is 141 Å². The molecule has 2 heterocycles. The molecule has 0 atom stereocenters. The van der Waals surface area contributed by atoms with Crippen molar-refractivity contribution >= 4 is 34.2 Å². The fourth-order valence-corrected chi connectivity index (χ4v) is 2.98. The van der Waals surface area contributed by atoms with Gasteiger partial charge in [0.1, 0.15) is 5.52 Å². The molecular formula is C15H15N5O3S. The second kappa shape index (κ2) is 7.18. The minimum Gasteiger partial charge on any atom is -0.476 e. The SMILES string of the molecule is O=C(CCn1nnc2ccccc21)NCCc1nc(C(=O)O)cs1. The fraction of sp³-hybridized carbons (Fsp3) is 0.267. The summed E-state index contributed by atoms with van der Waals surface area (Å²) in [4.78, 5) is 26.6. The Bertz CT molecular complexity index is 873. The lowest BCUT2D eigenvalue weighted by molar-refractivity contribution is -0.121. The number of nitrogens with zero attached hydrogens (tertiary/aromatic N) is 4. The highest BCUT2D eigenvalue weighted by molar-refractivity contribution is 7.09. The maximum absolute atomic E-state index is 11.9. The highest BCUT2D eigenvalue weighted by atomic mass is 32.1. The van der Waals surface area contributed by atoms with Crippen molar-refractivity contribution in [3.8, 4) is 0 Å².